The Morgan fingerprint density at radius 3 is 1.75 bits per heavy atom. The van der Waals surface area contributed by atoms with Gasteiger partial charge in [-0.3, -0.25) is 0 Å². The molecule has 1 aromatic carbocycles. The molecule has 4 rings (SSSR count). The third-order valence-corrected chi connectivity index (χ3v) is 9.76. The summed E-state index contributed by atoms with van der Waals surface area (Å²) in [5, 5.41) is 0. The van der Waals surface area contributed by atoms with Gasteiger partial charge in [0.25, 0.3) is 0 Å². The molecule has 0 heterocycles. The molecule has 1 aromatic rings. The van der Waals surface area contributed by atoms with Crippen LogP contribution in [0.1, 0.15) is 96.8 Å². The largest absolute Gasteiger partial charge is 0.453 e. The van der Waals surface area contributed by atoms with Gasteiger partial charge in [0.05, 0.1) is 5.92 Å². The van der Waals surface area contributed by atoms with Crippen molar-refractivity contribution in [1.29, 1.82) is 0 Å². The third-order valence-electron chi connectivity index (χ3n) is 9.76. The molecule has 3 fully saturated rings. The second-order valence-electron chi connectivity index (χ2n) is 12.1. The van der Waals surface area contributed by atoms with Crippen LogP contribution < -0.4 is 9.47 Å². The smallest absolute Gasteiger partial charge is 0.400 e. The van der Waals surface area contributed by atoms with Crippen molar-refractivity contribution >= 4 is 0 Å². The molecule has 3 aliphatic rings. The standard InChI is InChI=1S/C32H42F6O2/c1-2-3-4-5-21-6-8-22(9-7-21)23-10-12-24(13-11-23)25-14-16-26(17-15-25)32(37,38)40-27-18-28(33)31(29(34)19-27)39-20-30(35)36/h2-3,18-26H,4-17H2,1H3/b3-2+. The van der Waals surface area contributed by atoms with Crippen LogP contribution in [0.2, 0.25) is 0 Å². The summed E-state index contributed by atoms with van der Waals surface area (Å²) in [6.07, 6.45) is 13.2. The van der Waals surface area contributed by atoms with Gasteiger partial charge in [0.15, 0.2) is 23.6 Å². The van der Waals surface area contributed by atoms with Crippen molar-refractivity contribution in [3.8, 4) is 11.5 Å². The predicted molar refractivity (Wildman–Crippen MR) is 143 cm³/mol. The van der Waals surface area contributed by atoms with E-state index in [1.807, 2.05) is 0 Å². The van der Waals surface area contributed by atoms with Crippen LogP contribution in [0.3, 0.4) is 0 Å². The lowest BCUT2D eigenvalue weighted by Crippen LogP contribution is -2.38. The number of hydrogen-bond acceptors (Lipinski definition) is 2. The van der Waals surface area contributed by atoms with Crippen LogP contribution in [-0.2, 0) is 0 Å². The summed E-state index contributed by atoms with van der Waals surface area (Å²) in [5.41, 5.74) is 0. The van der Waals surface area contributed by atoms with Crippen molar-refractivity contribution < 1.29 is 35.8 Å². The number of rotatable bonds is 10. The average molecular weight is 573 g/mol. The first-order valence-electron chi connectivity index (χ1n) is 15.0. The zero-order chi connectivity index (χ0) is 28.7. The van der Waals surface area contributed by atoms with Gasteiger partial charge in [0, 0.05) is 12.1 Å². The zero-order valence-electron chi connectivity index (χ0n) is 23.3. The lowest BCUT2D eigenvalue weighted by Gasteiger charge is -2.42. The van der Waals surface area contributed by atoms with Gasteiger partial charge in [0.2, 0.25) is 0 Å². The second-order valence-corrected chi connectivity index (χ2v) is 12.1. The Balaban J connectivity index is 1.21. The van der Waals surface area contributed by atoms with E-state index in [1.165, 1.54) is 64.2 Å². The number of hydrogen-bond donors (Lipinski definition) is 0. The van der Waals surface area contributed by atoms with E-state index in [0.717, 1.165) is 17.8 Å². The maximum absolute atomic E-state index is 14.9. The quantitative estimate of drug-likeness (QED) is 0.158. The Labute approximate surface area is 234 Å². The summed E-state index contributed by atoms with van der Waals surface area (Å²) in [5.74, 6) is -2.10. The highest BCUT2D eigenvalue weighted by atomic mass is 19.3. The van der Waals surface area contributed by atoms with E-state index in [0.29, 0.717) is 49.7 Å². The van der Waals surface area contributed by atoms with E-state index in [9.17, 15) is 26.3 Å². The van der Waals surface area contributed by atoms with E-state index in [-0.39, 0.29) is 6.26 Å². The summed E-state index contributed by atoms with van der Waals surface area (Å²) >= 11 is 0. The van der Waals surface area contributed by atoms with Crippen molar-refractivity contribution in [3.63, 3.8) is 0 Å². The van der Waals surface area contributed by atoms with Crippen molar-refractivity contribution in [2.75, 3.05) is 0 Å². The molecule has 0 radical (unpaired) electrons. The highest BCUT2D eigenvalue weighted by Gasteiger charge is 2.45. The van der Waals surface area contributed by atoms with E-state index < -0.39 is 41.2 Å². The fourth-order valence-corrected chi connectivity index (χ4v) is 7.51. The minimum atomic E-state index is -3.60. The zero-order valence-corrected chi connectivity index (χ0v) is 23.3. The van der Waals surface area contributed by atoms with Crippen LogP contribution in [0.5, 0.6) is 11.5 Å². The normalized spacial score (nSPS) is 29.8. The van der Waals surface area contributed by atoms with Gasteiger partial charge < -0.3 is 9.47 Å². The average Bonchev–Trinajstić information content (AvgIpc) is 2.93. The van der Waals surface area contributed by atoms with Gasteiger partial charge in [-0.1, -0.05) is 25.0 Å². The van der Waals surface area contributed by atoms with Gasteiger partial charge >= 0.3 is 12.2 Å². The molecule has 0 aliphatic heterocycles. The summed E-state index contributed by atoms with van der Waals surface area (Å²) in [4.78, 5) is 0. The highest BCUT2D eigenvalue weighted by molar-refractivity contribution is 5.35. The van der Waals surface area contributed by atoms with Crippen LogP contribution in [0.25, 0.3) is 0 Å². The Bertz CT molecular complexity index is 974. The van der Waals surface area contributed by atoms with Crippen molar-refractivity contribution in [2.24, 2.45) is 35.5 Å². The lowest BCUT2D eigenvalue weighted by atomic mass is 9.65. The van der Waals surface area contributed by atoms with Crippen LogP contribution in [0.15, 0.2) is 36.6 Å². The molecular weight excluding hydrogens is 530 g/mol. The first kappa shape index (κ1) is 30.8. The number of benzene rings is 1. The summed E-state index contributed by atoms with van der Waals surface area (Å²) in [6.45, 7) is 2.08. The van der Waals surface area contributed by atoms with Crippen molar-refractivity contribution in [1.82, 2.24) is 0 Å². The molecule has 0 amide bonds. The van der Waals surface area contributed by atoms with Gasteiger partial charge in [0.1, 0.15) is 5.75 Å². The Kier molecular flexibility index (Phi) is 10.9. The first-order chi connectivity index (χ1) is 19.2. The SMILES string of the molecule is C/C=C/CCC1CCC(C2CCC(C3CCC(C(F)(F)Oc4cc(F)c(OC=C(F)F)c(F)c4)CC3)CC2)CC1. The van der Waals surface area contributed by atoms with Crippen LogP contribution in [0, 0.1) is 47.1 Å². The van der Waals surface area contributed by atoms with Gasteiger partial charge in [-0.25, -0.2) is 8.78 Å². The highest BCUT2D eigenvalue weighted by Crippen LogP contribution is 2.48. The molecule has 224 valence electrons. The maximum Gasteiger partial charge on any atom is 0.400 e. The number of alkyl halides is 2. The number of ether oxygens (including phenoxy) is 2. The van der Waals surface area contributed by atoms with Gasteiger partial charge in [-0.2, -0.15) is 17.6 Å². The minimum absolute atomic E-state index is 0.125. The summed E-state index contributed by atoms with van der Waals surface area (Å²) < 4.78 is 91.4. The first-order valence-corrected chi connectivity index (χ1v) is 15.0. The summed E-state index contributed by atoms with van der Waals surface area (Å²) in [6, 6.07) is 1.05. The molecule has 0 spiro atoms. The molecule has 3 aliphatic carbocycles. The molecule has 0 N–H and O–H groups in total. The molecule has 3 saturated carbocycles. The fraction of sp³-hybridized carbons (Fsp3) is 0.688. The second kappa shape index (κ2) is 14.2. The molecule has 0 atom stereocenters. The van der Waals surface area contributed by atoms with Crippen LogP contribution in [0.4, 0.5) is 26.3 Å². The number of allylic oxidation sites excluding steroid dienone is 2. The van der Waals surface area contributed by atoms with Crippen molar-refractivity contribution in [3.05, 3.63) is 48.3 Å². The molecular formula is C32H42F6O2. The maximum atomic E-state index is 14.9. The third kappa shape index (κ3) is 8.22. The molecule has 0 saturated heterocycles. The molecule has 40 heavy (non-hydrogen) atoms. The Morgan fingerprint density at radius 1 is 0.800 bits per heavy atom. The Hall–Kier alpha value is -2.12. The van der Waals surface area contributed by atoms with Gasteiger partial charge in [-0.05, 0) is 114 Å². The van der Waals surface area contributed by atoms with E-state index >= 15 is 0 Å². The minimum Gasteiger partial charge on any atom is -0.453 e. The molecule has 2 nitrogen and oxygen atoms in total. The molecule has 0 bridgehead atoms. The number of halogens is 6. The molecule has 0 unspecified atom stereocenters. The van der Waals surface area contributed by atoms with Crippen LogP contribution in [-0.4, -0.2) is 6.11 Å². The van der Waals surface area contributed by atoms with Crippen LogP contribution >= 0.6 is 0 Å². The Morgan fingerprint density at radius 2 is 1.27 bits per heavy atom. The lowest BCUT2D eigenvalue weighted by molar-refractivity contribution is -0.224. The predicted octanol–water partition coefficient (Wildman–Crippen LogP) is 10.8. The van der Waals surface area contributed by atoms with Gasteiger partial charge in [-0.15, -0.1) is 0 Å². The molecule has 0 aromatic heterocycles. The van der Waals surface area contributed by atoms with E-state index in [4.69, 9.17) is 4.74 Å². The monoisotopic (exact) mass is 572 g/mol. The topological polar surface area (TPSA) is 18.5 Å². The fourth-order valence-electron chi connectivity index (χ4n) is 7.51. The van der Waals surface area contributed by atoms with E-state index in [2.05, 4.69) is 23.8 Å². The van der Waals surface area contributed by atoms with Crippen molar-refractivity contribution in [2.45, 2.75) is 103 Å². The summed E-state index contributed by atoms with van der Waals surface area (Å²) in [7, 11) is 0. The molecule has 8 heteroatoms. The van der Waals surface area contributed by atoms with E-state index in [1.54, 1.807) is 0 Å².